The number of piperidine rings is 1. The van der Waals surface area contributed by atoms with Crippen LogP contribution >= 0.6 is 0 Å². The lowest BCUT2D eigenvalue weighted by Gasteiger charge is -2.46. The Kier molecular flexibility index (Phi) is 4.19. The minimum Gasteiger partial charge on any atom is -0.328 e. The van der Waals surface area contributed by atoms with Crippen molar-refractivity contribution in [3.05, 3.63) is 0 Å². The molecule has 1 fully saturated rings. The van der Waals surface area contributed by atoms with E-state index in [2.05, 4.69) is 39.5 Å². The van der Waals surface area contributed by atoms with Gasteiger partial charge in [0.15, 0.2) is 0 Å². The van der Waals surface area contributed by atoms with Crippen molar-refractivity contribution in [1.82, 2.24) is 4.90 Å². The molecule has 0 spiro atoms. The average Bonchev–Trinajstić information content (AvgIpc) is 2.05. The van der Waals surface area contributed by atoms with E-state index >= 15 is 0 Å². The largest absolute Gasteiger partial charge is 0.328 e. The van der Waals surface area contributed by atoms with Crippen LogP contribution in [0, 0.1) is 5.92 Å². The van der Waals surface area contributed by atoms with Crippen LogP contribution < -0.4 is 5.73 Å². The van der Waals surface area contributed by atoms with Gasteiger partial charge in [0.1, 0.15) is 0 Å². The van der Waals surface area contributed by atoms with Crippen LogP contribution in [0.15, 0.2) is 0 Å². The van der Waals surface area contributed by atoms with Crippen molar-refractivity contribution in [3.8, 4) is 0 Å². The summed E-state index contributed by atoms with van der Waals surface area (Å²) in [7, 11) is 0. The Bertz CT molecular complexity index is 193. The normalized spacial score (nSPS) is 31.6. The summed E-state index contributed by atoms with van der Waals surface area (Å²) in [6.07, 6.45) is 3.86. The number of hydrogen-bond donors (Lipinski definition) is 1. The summed E-state index contributed by atoms with van der Waals surface area (Å²) in [6, 6.07) is 1.08. The molecule has 0 aliphatic carbocycles. The molecule has 0 bridgehead atoms. The number of rotatable bonds is 2. The Labute approximate surface area is 95.2 Å². The fourth-order valence-corrected chi connectivity index (χ4v) is 2.84. The highest BCUT2D eigenvalue weighted by Crippen LogP contribution is 2.30. The van der Waals surface area contributed by atoms with E-state index in [1.54, 1.807) is 0 Å². The predicted octanol–water partition coefficient (Wildman–Crippen LogP) is 2.62. The van der Waals surface area contributed by atoms with Gasteiger partial charge in [-0.05, 0) is 59.8 Å². The summed E-state index contributed by atoms with van der Waals surface area (Å²) in [4.78, 5) is 2.64. The lowest BCUT2D eigenvalue weighted by molar-refractivity contribution is 0.0299. The van der Waals surface area contributed by atoms with Gasteiger partial charge in [0.05, 0.1) is 0 Å². The first-order valence-corrected chi connectivity index (χ1v) is 6.33. The van der Waals surface area contributed by atoms with Crippen molar-refractivity contribution < 1.29 is 0 Å². The van der Waals surface area contributed by atoms with Crippen LogP contribution in [0.25, 0.3) is 0 Å². The van der Waals surface area contributed by atoms with Crippen molar-refractivity contribution in [3.63, 3.8) is 0 Å². The average molecular weight is 212 g/mol. The molecule has 0 radical (unpaired) electrons. The van der Waals surface area contributed by atoms with Gasteiger partial charge < -0.3 is 5.73 Å². The maximum Gasteiger partial charge on any atom is 0.0127 e. The maximum atomic E-state index is 5.89. The van der Waals surface area contributed by atoms with Crippen molar-refractivity contribution in [2.24, 2.45) is 11.7 Å². The Hall–Kier alpha value is -0.0800. The molecule has 0 amide bonds. The van der Waals surface area contributed by atoms with E-state index in [-0.39, 0.29) is 0 Å². The quantitative estimate of drug-likeness (QED) is 0.762. The van der Waals surface area contributed by atoms with Crippen molar-refractivity contribution >= 4 is 0 Å². The predicted molar refractivity (Wildman–Crippen MR) is 66.9 cm³/mol. The fourth-order valence-electron chi connectivity index (χ4n) is 2.84. The van der Waals surface area contributed by atoms with Gasteiger partial charge in [0.2, 0.25) is 0 Å². The van der Waals surface area contributed by atoms with Gasteiger partial charge in [-0.25, -0.2) is 0 Å². The van der Waals surface area contributed by atoms with Crippen LogP contribution in [0.2, 0.25) is 0 Å². The van der Waals surface area contributed by atoms with Crippen LogP contribution in [-0.2, 0) is 0 Å². The number of hydrogen-bond acceptors (Lipinski definition) is 2. The van der Waals surface area contributed by atoms with Crippen LogP contribution in [0.3, 0.4) is 0 Å². The number of likely N-dealkylation sites (tertiary alicyclic amines) is 1. The van der Waals surface area contributed by atoms with Gasteiger partial charge in [-0.1, -0.05) is 0 Å². The highest BCUT2D eigenvalue weighted by atomic mass is 15.2. The molecule has 1 heterocycles. The van der Waals surface area contributed by atoms with E-state index in [1.165, 1.54) is 25.8 Å². The monoisotopic (exact) mass is 212 g/mol. The summed E-state index contributed by atoms with van der Waals surface area (Å²) in [5, 5.41) is 0. The van der Waals surface area contributed by atoms with E-state index in [0.29, 0.717) is 11.6 Å². The molecule has 2 heteroatoms. The minimum atomic E-state index is 0.302. The summed E-state index contributed by atoms with van der Waals surface area (Å²) < 4.78 is 0. The molecule has 0 saturated carbocycles. The van der Waals surface area contributed by atoms with Crippen LogP contribution in [0.5, 0.6) is 0 Å². The smallest absolute Gasteiger partial charge is 0.0127 e. The van der Waals surface area contributed by atoms with Crippen molar-refractivity contribution in [2.45, 2.75) is 71.5 Å². The Balaban J connectivity index is 2.56. The molecule has 2 nitrogen and oxygen atoms in total. The highest BCUT2D eigenvalue weighted by molar-refractivity contribution is 4.87. The SMILES string of the molecule is CC(N)CC1CCC(C)N(C(C)(C)C)C1. The van der Waals surface area contributed by atoms with Gasteiger partial charge in [-0.3, -0.25) is 4.90 Å². The lowest BCUT2D eigenvalue weighted by atomic mass is 9.86. The molecule has 15 heavy (non-hydrogen) atoms. The first-order chi connectivity index (χ1) is 6.80. The van der Waals surface area contributed by atoms with Crippen molar-refractivity contribution in [1.29, 1.82) is 0 Å². The second-order valence-corrected chi connectivity index (χ2v) is 6.33. The van der Waals surface area contributed by atoms with Gasteiger partial charge >= 0.3 is 0 Å². The Morgan fingerprint density at radius 1 is 1.33 bits per heavy atom. The molecular formula is C13H28N2. The van der Waals surface area contributed by atoms with E-state index in [0.717, 1.165) is 12.0 Å². The van der Waals surface area contributed by atoms with E-state index in [1.807, 2.05) is 0 Å². The molecule has 1 saturated heterocycles. The molecule has 1 aliphatic heterocycles. The van der Waals surface area contributed by atoms with E-state index in [4.69, 9.17) is 5.73 Å². The third-order valence-corrected chi connectivity index (χ3v) is 3.55. The zero-order chi connectivity index (χ0) is 11.6. The zero-order valence-corrected chi connectivity index (χ0v) is 11.1. The fraction of sp³-hybridized carbons (Fsp3) is 1.00. The minimum absolute atomic E-state index is 0.302. The van der Waals surface area contributed by atoms with Crippen LogP contribution in [0.1, 0.15) is 53.9 Å². The second kappa shape index (κ2) is 4.84. The maximum absolute atomic E-state index is 5.89. The third-order valence-electron chi connectivity index (χ3n) is 3.55. The Morgan fingerprint density at radius 2 is 1.93 bits per heavy atom. The summed E-state index contributed by atoms with van der Waals surface area (Å²) in [6.45, 7) is 12.7. The zero-order valence-electron chi connectivity index (χ0n) is 11.1. The molecule has 1 aliphatic rings. The lowest BCUT2D eigenvalue weighted by Crippen LogP contribution is -2.52. The highest BCUT2D eigenvalue weighted by Gasteiger charge is 2.32. The van der Waals surface area contributed by atoms with Gasteiger partial charge in [-0.2, -0.15) is 0 Å². The van der Waals surface area contributed by atoms with Crippen molar-refractivity contribution in [2.75, 3.05) is 6.54 Å². The number of nitrogens with two attached hydrogens (primary N) is 1. The summed E-state index contributed by atoms with van der Waals surface area (Å²) in [5.41, 5.74) is 6.20. The second-order valence-electron chi connectivity index (χ2n) is 6.33. The molecule has 1 rings (SSSR count). The Morgan fingerprint density at radius 3 is 2.40 bits per heavy atom. The van der Waals surface area contributed by atoms with Gasteiger partial charge in [0, 0.05) is 24.2 Å². The van der Waals surface area contributed by atoms with Gasteiger partial charge in [-0.15, -0.1) is 0 Å². The summed E-state index contributed by atoms with van der Waals surface area (Å²) in [5.74, 6) is 0.806. The molecule has 3 atom stereocenters. The molecule has 3 unspecified atom stereocenters. The van der Waals surface area contributed by atoms with Crippen LogP contribution in [0.4, 0.5) is 0 Å². The van der Waals surface area contributed by atoms with Crippen LogP contribution in [-0.4, -0.2) is 29.1 Å². The molecule has 2 N–H and O–H groups in total. The molecule has 0 aromatic heterocycles. The van der Waals surface area contributed by atoms with E-state index < -0.39 is 0 Å². The molecule has 90 valence electrons. The third kappa shape index (κ3) is 3.76. The number of nitrogens with zero attached hydrogens (tertiary/aromatic N) is 1. The summed E-state index contributed by atoms with van der Waals surface area (Å²) >= 11 is 0. The standard InChI is InChI=1S/C13H28N2/c1-10(14)8-12-7-6-11(2)15(9-12)13(3,4)5/h10-12H,6-9,14H2,1-5H3. The first kappa shape index (κ1) is 13.0. The molecule has 0 aromatic rings. The van der Waals surface area contributed by atoms with Gasteiger partial charge in [0.25, 0.3) is 0 Å². The first-order valence-electron chi connectivity index (χ1n) is 6.33. The van der Waals surface area contributed by atoms with E-state index in [9.17, 15) is 0 Å². The topological polar surface area (TPSA) is 29.3 Å². The molecular weight excluding hydrogens is 184 g/mol. The molecule has 0 aromatic carbocycles.